The van der Waals surface area contributed by atoms with Gasteiger partial charge in [-0.15, -0.1) is 0 Å². The van der Waals surface area contributed by atoms with Crippen LogP contribution in [0.5, 0.6) is 0 Å². The van der Waals surface area contributed by atoms with Crippen LogP contribution in [0.15, 0.2) is 6.20 Å². The lowest BCUT2D eigenvalue weighted by atomic mass is 10.1. The van der Waals surface area contributed by atoms with Crippen molar-refractivity contribution in [3.63, 3.8) is 0 Å². The number of halogens is 4. The molecule has 0 bridgehead atoms. The number of carboxylic acid groups (broad SMARTS) is 1. The topological polar surface area (TPSA) is 50.2 Å². The first-order chi connectivity index (χ1) is 6.45. The van der Waals surface area contributed by atoms with E-state index in [1.54, 1.807) is 45.2 Å². The molecule has 0 amide bonds. The molecule has 0 saturated carbocycles. The van der Waals surface area contributed by atoms with Gasteiger partial charge in [0.2, 0.25) is 0 Å². The summed E-state index contributed by atoms with van der Waals surface area (Å²) in [6.45, 7) is 0. The monoisotopic (exact) mass is 425 g/mol. The van der Waals surface area contributed by atoms with Crippen LogP contribution in [0.4, 0.5) is 8.78 Å². The Morgan fingerprint density at radius 1 is 1.50 bits per heavy atom. The molecule has 76 valence electrons. The van der Waals surface area contributed by atoms with E-state index in [2.05, 4.69) is 4.98 Å². The summed E-state index contributed by atoms with van der Waals surface area (Å²) in [6.07, 6.45) is -1.92. The van der Waals surface area contributed by atoms with Crippen molar-refractivity contribution < 1.29 is 18.7 Å². The minimum absolute atomic E-state index is 0.244. The molecule has 3 nitrogen and oxygen atoms in total. The van der Waals surface area contributed by atoms with Crippen LogP contribution in [0.3, 0.4) is 0 Å². The fourth-order valence-corrected chi connectivity index (χ4v) is 1.95. The number of aromatic nitrogens is 1. The maximum Gasteiger partial charge on any atom is 0.337 e. The molecule has 0 aliphatic heterocycles. The van der Waals surface area contributed by atoms with Gasteiger partial charge in [0.15, 0.2) is 0 Å². The van der Waals surface area contributed by atoms with Crippen LogP contribution >= 0.6 is 45.2 Å². The predicted molar refractivity (Wildman–Crippen MR) is 61.6 cm³/mol. The third-order valence-corrected chi connectivity index (χ3v) is 4.36. The summed E-state index contributed by atoms with van der Waals surface area (Å²) in [5, 5.41) is 8.75. The molecular weight excluding hydrogens is 422 g/mol. The van der Waals surface area contributed by atoms with Gasteiger partial charge in [-0.05, 0) is 45.2 Å². The Hall–Kier alpha value is -0.0600. The predicted octanol–water partition coefficient (Wildman–Crippen LogP) is 2.93. The summed E-state index contributed by atoms with van der Waals surface area (Å²) in [6, 6.07) is 0. The molecule has 1 aromatic rings. The van der Waals surface area contributed by atoms with Crippen LogP contribution < -0.4 is 0 Å². The zero-order valence-electron chi connectivity index (χ0n) is 6.47. The summed E-state index contributed by atoms with van der Waals surface area (Å²) < 4.78 is 25.4. The quantitative estimate of drug-likeness (QED) is 0.586. The van der Waals surface area contributed by atoms with E-state index in [4.69, 9.17) is 5.11 Å². The van der Waals surface area contributed by atoms with Gasteiger partial charge in [-0.25, -0.2) is 18.6 Å². The van der Waals surface area contributed by atoms with Crippen LogP contribution in [0, 0.1) is 7.27 Å². The zero-order valence-corrected chi connectivity index (χ0v) is 10.8. The molecule has 7 heteroatoms. The lowest BCUT2D eigenvalue weighted by Gasteiger charge is -2.07. The van der Waals surface area contributed by atoms with Gasteiger partial charge in [-0.1, -0.05) is 0 Å². The van der Waals surface area contributed by atoms with E-state index >= 15 is 0 Å². The molecule has 0 spiro atoms. The van der Waals surface area contributed by atoms with Crippen molar-refractivity contribution in [1.82, 2.24) is 4.98 Å². The Morgan fingerprint density at radius 3 is 2.50 bits per heavy atom. The molecule has 0 aromatic carbocycles. The third-order valence-electron chi connectivity index (χ3n) is 1.46. The molecule has 0 unspecified atom stereocenters. The molecule has 0 fully saturated rings. The maximum absolute atomic E-state index is 12.4. The molecule has 1 N–H and O–H groups in total. The standard InChI is InChI=1S/C7H3F2I2NO2/c8-5(9)2-1-12-6(11)4(10)3(2)7(13)14/h1,5H,(H,13,14). The largest absolute Gasteiger partial charge is 0.478 e. The van der Waals surface area contributed by atoms with E-state index in [9.17, 15) is 13.6 Å². The second kappa shape index (κ2) is 4.64. The second-order valence-corrected chi connectivity index (χ2v) is 4.40. The number of alkyl halides is 2. The molecule has 1 rings (SSSR count). The van der Waals surface area contributed by atoms with E-state index < -0.39 is 18.0 Å². The average Bonchev–Trinajstić information content (AvgIpc) is 2.08. The highest BCUT2D eigenvalue weighted by atomic mass is 127. The smallest absolute Gasteiger partial charge is 0.337 e. The van der Waals surface area contributed by atoms with Crippen molar-refractivity contribution in [2.24, 2.45) is 0 Å². The van der Waals surface area contributed by atoms with Crippen molar-refractivity contribution in [2.45, 2.75) is 6.43 Å². The summed E-state index contributed by atoms with van der Waals surface area (Å²) >= 11 is 3.49. The Bertz CT molecular complexity index is 384. The van der Waals surface area contributed by atoms with Crippen LogP contribution in [-0.4, -0.2) is 16.1 Å². The normalized spacial score (nSPS) is 10.6. The lowest BCUT2D eigenvalue weighted by molar-refractivity contribution is 0.0682. The van der Waals surface area contributed by atoms with Crippen LogP contribution in [-0.2, 0) is 0 Å². The first-order valence-electron chi connectivity index (χ1n) is 3.30. The highest BCUT2D eigenvalue weighted by molar-refractivity contribution is 14.1. The zero-order chi connectivity index (χ0) is 10.9. The van der Waals surface area contributed by atoms with Gasteiger partial charge in [0.25, 0.3) is 6.43 Å². The van der Waals surface area contributed by atoms with Gasteiger partial charge in [0, 0.05) is 6.20 Å². The number of aromatic carboxylic acids is 1. The van der Waals surface area contributed by atoms with Crippen molar-refractivity contribution in [3.05, 3.63) is 24.6 Å². The van der Waals surface area contributed by atoms with E-state index in [0.29, 0.717) is 3.70 Å². The molecule has 0 aliphatic carbocycles. The maximum atomic E-state index is 12.4. The highest BCUT2D eigenvalue weighted by Crippen LogP contribution is 2.27. The van der Waals surface area contributed by atoms with Crippen molar-refractivity contribution >= 4 is 51.2 Å². The molecule has 1 heterocycles. The van der Waals surface area contributed by atoms with Crippen molar-refractivity contribution in [3.8, 4) is 0 Å². The minimum atomic E-state index is -2.82. The van der Waals surface area contributed by atoms with E-state index in [-0.39, 0.29) is 9.13 Å². The highest BCUT2D eigenvalue weighted by Gasteiger charge is 2.22. The van der Waals surface area contributed by atoms with Crippen LogP contribution in [0.2, 0.25) is 0 Å². The van der Waals surface area contributed by atoms with Crippen molar-refractivity contribution in [1.29, 1.82) is 0 Å². The fourth-order valence-electron chi connectivity index (χ4n) is 0.860. The Morgan fingerprint density at radius 2 is 2.07 bits per heavy atom. The summed E-state index contributed by atoms with van der Waals surface area (Å²) in [5.74, 6) is -1.36. The Kier molecular flexibility index (Phi) is 3.98. The molecular formula is C7H3F2I2NO2. The summed E-state index contributed by atoms with van der Waals surface area (Å²) in [4.78, 5) is 14.4. The van der Waals surface area contributed by atoms with Crippen LogP contribution in [0.25, 0.3) is 0 Å². The van der Waals surface area contributed by atoms with Gasteiger partial charge < -0.3 is 5.11 Å². The van der Waals surface area contributed by atoms with E-state index in [0.717, 1.165) is 6.20 Å². The van der Waals surface area contributed by atoms with Gasteiger partial charge in [-0.3, -0.25) is 0 Å². The number of pyridine rings is 1. The molecule has 14 heavy (non-hydrogen) atoms. The molecule has 0 radical (unpaired) electrons. The Balaban J connectivity index is 3.45. The number of nitrogens with zero attached hydrogens (tertiary/aromatic N) is 1. The summed E-state index contributed by atoms with van der Waals surface area (Å²) in [7, 11) is 0. The molecule has 0 saturated heterocycles. The van der Waals surface area contributed by atoms with E-state index in [1.807, 2.05) is 0 Å². The van der Waals surface area contributed by atoms with Gasteiger partial charge >= 0.3 is 5.97 Å². The number of rotatable bonds is 2. The average molecular weight is 425 g/mol. The number of carboxylic acids is 1. The Labute approximate surface area is 105 Å². The molecule has 0 atom stereocenters. The van der Waals surface area contributed by atoms with Gasteiger partial charge in [-0.2, -0.15) is 0 Å². The fraction of sp³-hybridized carbons (Fsp3) is 0.143. The van der Waals surface area contributed by atoms with Crippen LogP contribution in [0.1, 0.15) is 22.3 Å². The van der Waals surface area contributed by atoms with E-state index in [1.165, 1.54) is 0 Å². The number of hydrogen-bond donors (Lipinski definition) is 1. The van der Waals surface area contributed by atoms with Gasteiger partial charge in [0.05, 0.1) is 14.7 Å². The number of carbonyl (C=O) groups is 1. The first-order valence-corrected chi connectivity index (χ1v) is 5.46. The molecule has 0 aliphatic rings. The summed E-state index contributed by atoms with van der Waals surface area (Å²) in [5.41, 5.74) is -0.901. The lowest BCUT2D eigenvalue weighted by Crippen LogP contribution is -2.08. The first kappa shape index (κ1) is 12.0. The SMILES string of the molecule is O=C(O)c1c(C(F)F)cnc(I)c1I. The van der Waals surface area contributed by atoms with Crippen molar-refractivity contribution in [2.75, 3.05) is 0 Å². The third kappa shape index (κ3) is 2.30. The minimum Gasteiger partial charge on any atom is -0.478 e. The number of hydrogen-bond acceptors (Lipinski definition) is 2. The molecule has 1 aromatic heterocycles. The van der Waals surface area contributed by atoms with Gasteiger partial charge in [0.1, 0.15) is 3.70 Å². The second-order valence-electron chi connectivity index (χ2n) is 2.30.